The molecular weight excluding hydrogens is 254 g/mol. The molecule has 110 valence electrons. The average Bonchev–Trinajstić information content (AvgIpc) is 2.53. The fourth-order valence-electron chi connectivity index (χ4n) is 2.55. The van der Waals surface area contributed by atoms with Crippen LogP contribution in [0.5, 0.6) is 0 Å². The predicted molar refractivity (Wildman–Crippen MR) is 91.5 cm³/mol. The zero-order valence-electron chi connectivity index (χ0n) is 12.8. The lowest BCUT2D eigenvalue weighted by Gasteiger charge is -2.19. The molecule has 0 aliphatic carbocycles. The van der Waals surface area contributed by atoms with Gasteiger partial charge in [-0.3, -0.25) is 0 Å². The van der Waals surface area contributed by atoms with Crippen LogP contribution in [0.4, 0.5) is 0 Å². The van der Waals surface area contributed by atoms with Gasteiger partial charge >= 0.3 is 0 Å². The van der Waals surface area contributed by atoms with Crippen molar-refractivity contribution >= 4 is 0 Å². The molecule has 2 aromatic rings. The highest BCUT2D eigenvalue weighted by Crippen LogP contribution is 2.09. The van der Waals surface area contributed by atoms with Crippen LogP contribution in [0.2, 0.25) is 0 Å². The third-order valence-corrected chi connectivity index (χ3v) is 3.63. The molecule has 0 saturated carbocycles. The summed E-state index contributed by atoms with van der Waals surface area (Å²) in [5.74, 6) is 0. The lowest BCUT2D eigenvalue weighted by Crippen LogP contribution is -2.33. The van der Waals surface area contributed by atoms with Crippen LogP contribution in [0.1, 0.15) is 24.5 Å². The second-order valence-corrected chi connectivity index (χ2v) is 5.39. The van der Waals surface area contributed by atoms with Gasteiger partial charge in [0.2, 0.25) is 0 Å². The monoisotopic (exact) mass is 279 g/mol. The van der Waals surface area contributed by atoms with E-state index in [9.17, 15) is 0 Å². The first kappa shape index (κ1) is 15.5. The van der Waals surface area contributed by atoms with Crippen molar-refractivity contribution in [2.75, 3.05) is 6.54 Å². The van der Waals surface area contributed by atoms with E-state index < -0.39 is 0 Å². The maximum absolute atomic E-state index is 3.70. The second kappa shape index (κ2) is 9.15. The highest BCUT2D eigenvalue weighted by atomic mass is 14.9. The normalized spacial score (nSPS) is 11.3. The summed E-state index contributed by atoms with van der Waals surface area (Å²) < 4.78 is 0. The summed E-state index contributed by atoms with van der Waals surface area (Å²) in [5, 5.41) is 3.70. The summed E-state index contributed by atoms with van der Waals surface area (Å²) in [7, 11) is 0. The fourth-order valence-corrected chi connectivity index (χ4v) is 2.55. The zero-order valence-corrected chi connectivity index (χ0v) is 12.8. The fraction of sp³-hybridized carbons (Fsp3) is 0.300. The summed E-state index contributed by atoms with van der Waals surface area (Å²) in [6.07, 6.45) is 7.58. The van der Waals surface area contributed by atoms with Crippen molar-refractivity contribution in [2.24, 2.45) is 0 Å². The number of hydrogen-bond donors (Lipinski definition) is 1. The minimum absolute atomic E-state index is 0.486. The molecule has 0 fully saturated rings. The first-order valence-corrected chi connectivity index (χ1v) is 7.81. The zero-order chi connectivity index (χ0) is 14.8. The van der Waals surface area contributed by atoms with Gasteiger partial charge in [-0.25, -0.2) is 0 Å². The van der Waals surface area contributed by atoms with Gasteiger partial charge < -0.3 is 5.32 Å². The number of allylic oxidation sites excluding steroid dienone is 1. The minimum Gasteiger partial charge on any atom is -0.313 e. The van der Waals surface area contributed by atoms with Gasteiger partial charge in [-0.1, -0.05) is 72.8 Å². The summed E-state index contributed by atoms with van der Waals surface area (Å²) >= 11 is 0. The first-order chi connectivity index (χ1) is 10.4. The molecule has 0 aliphatic heterocycles. The van der Waals surface area contributed by atoms with E-state index in [4.69, 9.17) is 0 Å². The quantitative estimate of drug-likeness (QED) is 0.558. The lowest BCUT2D eigenvalue weighted by molar-refractivity contribution is 0.511. The molecule has 2 rings (SSSR count). The topological polar surface area (TPSA) is 12.0 Å². The van der Waals surface area contributed by atoms with Gasteiger partial charge in [-0.2, -0.15) is 0 Å². The van der Waals surface area contributed by atoms with E-state index in [1.54, 1.807) is 0 Å². The van der Waals surface area contributed by atoms with E-state index in [1.807, 2.05) is 0 Å². The molecule has 1 N–H and O–H groups in total. The minimum atomic E-state index is 0.486. The van der Waals surface area contributed by atoms with Crippen LogP contribution in [0.15, 0.2) is 72.8 Å². The van der Waals surface area contributed by atoms with E-state index in [1.165, 1.54) is 11.1 Å². The van der Waals surface area contributed by atoms with Crippen molar-refractivity contribution in [2.45, 2.75) is 32.2 Å². The molecule has 1 heteroatoms. The summed E-state index contributed by atoms with van der Waals surface area (Å²) in [6.45, 7) is 3.11. The molecule has 0 atom stereocenters. The van der Waals surface area contributed by atoms with Crippen molar-refractivity contribution in [1.82, 2.24) is 5.32 Å². The lowest BCUT2D eigenvalue weighted by atomic mass is 9.99. The Labute approximate surface area is 128 Å². The maximum Gasteiger partial charge on any atom is 0.0148 e. The molecule has 0 aliphatic rings. The Balaban J connectivity index is 1.96. The molecule has 1 nitrogen and oxygen atoms in total. The number of rotatable bonds is 8. The SMILES string of the molecule is C/C=C/CCNC(Cc1ccccc1)Cc1ccccc1. The smallest absolute Gasteiger partial charge is 0.0148 e. The van der Waals surface area contributed by atoms with Crippen LogP contribution >= 0.6 is 0 Å². The van der Waals surface area contributed by atoms with Gasteiger partial charge in [0.25, 0.3) is 0 Å². The van der Waals surface area contributed by atoms with Crippen LogP contribution in [0.3, 0.4) is 0 Å². The van der Waals surface area contributed by atoms with Gasteiger partial charge in [0.15, 0.2) is 0 Å². The summed E-state index contributed by atoms with van der Waals surface area (Å²) in [5.41, 5.74) is 2.80. The van der Waals surface area contributed by atoms with E-state index in [-0.39, 0.29) is 0 Å². The molecule has 21 heavy (non-hydrogen) atoms. The molecule has 0 saturated heterocycles. The van der Waals surface area contributed by atoms with Gasteiger partial charge in [-0.05, 0) is 43.9 Å². The average molecular weight is 279 g/mol. The van der Waals surface area contributed by atoms with Gasteiger partial charge in [-0.15, -0.1) is 0 Å². The second-order valence-electron chi connectivity index (χ2n) is 5.39. The van der Waals surface area contributed by atoms with E-state index in [0.717, 1.165) is 25.8 Å². The van der Waals surface area contributed by atoms with Crippen molar-refractivity contribution in [1.29, 1.82) is 0 Å². The van der Waals surface area contributed by atoms with Crippen LogP contribution in [-0.2, 0) is 12.8 Å². The van der Waals surface area contributed by atoms with Crippen molar-refractivity contribution in [3.05, 3.63) is 83.9 Å². The van der Waals surface area contributed by atoms with Crippen LogP contribution in [0, 0.1) is 0 Å². The molecule has 0 heterocycles. The molecule has 0 radical (unpaired) electrons. The highest BCUT2D eigenvalue weighted by Gasteiger charge is 2.09. The van der Waals surface area contributed by atoms with Crippen molar-refractivity contribution in [3.63, 3.8) is 0 Å². The largest absolute Gasteiger partial charge is 0.313 e. The number of nitrogens with one attached hydrogen (secondary N) is 1. The molecule has 0 bridgehead atoms. The van der Waals surface area contributed by atoms with Gasteiger partial charge in [0.05, 0.1) is 0 Å². The van der Waals surface area contributed by atoms with E-state index >= 15 is 0 Å². The highest BCUT2D eigenvalue weighted by molar-refractivity contribution is 5.19. The van der Waals surface area contributed by atoms with E-state index in [2.05, 4.69) is 85.1 Å². The Morgan fingerprint density at radius 1 is 0.857 bits per heavy atom. The predicted octanol–water partition coefficient (Wildman–Crippen LogP) is 4.40. The third kappa shape index (κ3) is 5.97. The van der Waals surface area contributed by atoms with Gasteiger partial charge in [0, 0.05) is 6.04 Å². The molecule has 0 aromatic heterocycles. The number of benzene rings is 2. The molecular formula is C20H25N. The molecule has 0 spiro atoms. The Kier molecular flexibility index (Phi) is 6.76. The van der Waals surface area contributed by atoms with Crippen molar-refractivity contribution in [3.8, 4) is 0 Å². The maximum atomic E-state index is 3.70. The van der Waals surface area contributed by atoms with Gasteiger partial charge in [0.1, 0.15) is 0 Å². The van der Waals surface area contributed by atoms with Crippen LogP contribution < -0.4 is 5.32 Å². The molecule has 2 aromatic carbocycles. The Morgan fingerprint density at radius 2 is 1.38 bits per heavy atom. The van der Waals surface area contributed by atoms with Crippen LogP contribution in [-0.4, -0.2) is 12.6 Å². The molecule has 0 unspecified atom stereocenters. The van der Waals surface area contributed by atoms with E-state index in [0.29, 0.717) is 6.04 Å². The Morgan fingerprint density at radius 3 is 1.86 bits per heavy atom. The Hall–Kier alpha value is -1.86. The summed E-state index contributed by atoms with van der Waals surface area (Å²) in [4.78, 5) is 0. The number of hydrogen-bond acceptors (Lipinski definition) is 1. The summed E-state index contributed by atoms with van der Waals surface area (Å²) in [6, 6.07) is 22.0. The van der Waals surface area contributed by atoms with Crippen LogP contribution in [0.25, 0.3) is 0 Å². The Bertz CT molecular complexity index is 475. The third-order valence-electron chi connectivity index (χ3n) is 3.63. The molecule has 0 amide bonds. The van der Waals surface area contributed by atoms with Crippen molar-refractivity contribution < 1.29 is 0 Å². The first-order valence-electron chi connectivity index (χ1n) is 7.81. The standard InChI is InChI=1S/C20H25N/c1-2-3-10-15-21-20(16-18-11-6-4-7-12-18)17-19-13-8-5-9-14-19/h2-9,11-14,20-21H,10,15-17H2,1H3/b3-2+.